The van der Waals surface area contributed by atoms with Gasteiger partial charge in [0, 0.05) is 54.2 Å². The van der Waals surface area contributed by atoms with E-state index in [2.05, 4.69) is 17.5 Å². The molecular weight excluding hydrogens is 663 g/mol. The van der Waals surface area contributed by atoms with Crippen molar-refractivity contribution in [2.75, 3.05) is 27.3 Å². The highest BCUT2D eigenvalue weighted by molar-refractivity contribution is 7.10. The molecule has 3 heterocycles. The number of nitrogens with zero attached hydrogens (tertiary/aromatic N) is 3. The first-order chi connectivity index (χ1) is 24.7. The molecule has 1 aliphatic heterocycles. The van der Waals surface area contributed by atoms with Gasteiger partial charge in [-0.15, -0.1) is 11.3 Å². The summed E-state index contributed by atoms with van der Waals surface area (Å²) < 4.78 is 18.0. The largest absolute Gasteiger partial charge is 0.496 e. The lowest BCUT2D eigenvalue weighted by Gasteiger charge is -2.25. The topological polar surface area (TPSA) is 108 Å². The highest BCUT2D eigenvalue weighted by Gasteiger charge is 2.62. The number of fused-ring (bicyclic) bond motifs is 3. The normalized spacial score (nSPS) is 28.1. The highest BCUT2D eigenvalue weighted by Crippen LogP contribution is 2.58. The summed E-state index contributed by atoms with van der Waals surface area (Å²) in [5, 5.41) is 4.12. The molecule has 0 N–H and O–H groups in total. The Kier molecular flexibility index (Phi) is 10.5. The standard InChI is InChI=1S/C41H51N3O6S/c1-5-49-40(47)41-22-27(41)15-11-6-7-12-18-44(3)39(46)31-20-28(19-30(31)34(45)23-41)50-36-21-32(42-37-25(2)35(48-4)17-16-29(36)37)33-24-51-38(43-33)26-13-9-8-10-14-26/h11,15-17,21,24,26-28,30-31H,5-10,12-14,18-20,22-23H2,1-4H3/b15-11-/t27-,28-,30-,31?,41-/m1/s1. The highest BCUT2D eigenvalue weighted by atomic mass is 32.1. The fourth-order valence-electron chi connectivity index (χ4n) is 8.74. The van der Waals surface area contributed by atoms with E-state index < -0.39 is 17.3 Å². The number of Topliss-reactive ketones (excluding diaryl/α,β-unsaturated/α-hetero) is 1. The van der Waals surface area contributed by atoms with Crippen LogP contribution in [0.5, 0.6) is 11.5 Å². The second kappa shape index (κ2) is 15.1. The summed E-state index contributed by atoms with van der Waals surface area (Å²) in [6.07, 6.45) is 14.2. The Labute approximate surface area is 305 Å². The molecule has 3 aromatic rings. The third-order valence-corrected chi connectivity index (χ3v) is 12.8. The van der Waals surface area contributed by atoms with Crippen molar-refractivity contribution in [3.8, 4) is 22.9 Å². The molecule has 10 heteroatoms. The van der Waals surface area contributed by atoms with Crippen LogP contribution >= 0.6 is 11.3 Å². The van der Waals surface area contributed by atoms with Crippen LogP contribution in [0.15, 0.2) is 35.7 Å². The second-order valence-corrected chi connectivity index (χ2v) is 16.0. The molecular formula is C41H51N3O6S. The summed E-state index contributed by atoms with van der Waals surface area (Å²) in [6.45, 7) is 4.71. The number of ketones is 1. The number of aromatic nitrogens is 2. The maximum Gasteiger partial charge on any atom is 0.313 e. The number of amides is 1. The van der Waals surface area contributed by atoms with Crippen molar-refractivity contribution in [2.24, 2.45) is 23.2 Å². The van der Waals surface area contributed by atoms with E-state index in [1.54, 1.807) is 30.3 Å². The van der Waals surface area contributed by atoms with E-state index in [0.717, 1.165) is 52.9 Å². The number of pyridine rings is 1. The van der Waals surface area contributed by atoms with Crippen molar-refractivity contribution in [1.82, 2.24) is 14.9 Å². The molecule has 1 unspecified atom stereocenters. The lowest BCUT2D eigenvalue weighted by molar-refractivity contribution is -0.152. The van der Waals surface area contributed by atoms with Gasteiger partial charge >= 0.3 is 5.97 Å². The van der Waals surface area contributed by atoms with Gasteiger partial charge in [-0.25, -0.2) is 9.97 Å². The fraction of sp³-hybridized carbons (Fsp3) is 0.585. The van der Waals surface area contributed by atoms with Crippen molar-refractivity contribution in [3.05, 3.63) is 46.3 Å². The maximum absolute atomic E-state index is 14.3. The number of carbonyl (C=O) groups is 3. The predicted molar refractivity (Wildman–Crippen MR) is 198 cm³/mol. The van der Waals surface area contributed by atoms with Gasteiger partial charge in [0.2, 0.25) is 5.91 Å². The number of hydrogen-bond donors (Lipinski definition) is 0. The molecule has 272 valence electrons. The molecule has 3 fully saturated rings. The number of thiazole rings is 1. The number of hydrogen-bond acceptors (Lipinski definition) is 9. The molecule has 3 aliphatic carbocycles. The third-order valence-electron chi connectivity index (χ3n) is 11.8. The van der Waals surface area contributed by atoms with Crippen LogP contribution in [0.4, 0.5) is 0 Å². The van der Waals surface area contributed by atoms with Crippen LogP contribution in [0, 0.1) is 30.1 Å². The molecule has 0 bridgehead atoms. The maximum atomic E-state index is 14.3. The molecule has 9 nitrogen and oxygen atoms in total. The van der Waals surface area contributed by atoms with Gasteiger partial charge in [0.05, 0.1) is 47.0 Å². The third kappa shape index (κ3) is 7.17. The number of aryl methyl sites for hydroxylation is 1. The number of rotatable bonds is 7. The lowest BCUT2D eigenvalue weighted by Crippen LogP contribution is -2.38. The van der Waals surface area contributed by atoms with Crippen LogP contribution in [0.3, 0.4) is 0 Å². The Balaban J connectivity index is 1.21. The smallest absolute Gasteiger partial charge is 0.313 e. The van der Waals surface area contributed by atoms with Gasteiger partial charge in [-0.1, -0.05) is 31.4 Å². The van der Waals surface area contributed by atoms with E-state index in [4.69, 9.17) is 24.2 Å². The van der Waals surface area contributed by atoms with E-state index in [1.165, 1.54) is 37.1 Å². The summed E-state index contributed by atoms with van der Waals surface area (Å²) >= 11 is 1.71. The quantitative estimate of drug-likeness (QED) is 0.178. The van der Waals surface area contributed by atoms with Crippen LogP contribution in [0.2, 0.25) is 0 Å². The Bertz CT molecular complexity index is 1810. The van der Waals surface area contributed by atoms with Gasteiger partial charge in [-0.2, -0.15) is 0 Å². The minimum atomic E-state index is -0.844. The molecule has 1 aromatic carbocycles. The molecule has 2 aromatic heterocycles. The van der Waals surface area contributed by atoms with Crippen molar-refractivity contribution >= 4 is 39.9 Å². The Morgan fingerprint density at radius 1 is 1.02 bits per heavy atom. The lowest BCUT2D eigenvalue weighted by atomic mass is 9.84. The van der Waals surface area contributed by atoms with Gasteiger partial charge < -0.3 is 19.1 Å². The average molecular weight is 714 g/mol. The number of carbonyl (C=O) groups excluding carboxylic acids is 3. The minimum absolute atomic E-state index is 0.0140. The summed E-state index contributed by atoms with van der Waals surface area (Å²) in [6, 6.07) is 5.87. The molecule has 1 amide bonds. The summed E-state index contributed by atoms with van der Waals surface area (Å²) in [4.78, 5) is 53.6. The van der Waals surface area contributed by atoms with Crippen LogP contribution in [0.1, 0.15) is 100 Å². The number of methoxy groups -OCH3 is 1. The zero-order valence-corrected chi connectivity index (χ0v) is 31.3. The number of esters is 1. The SMILES string of the molecule is CCOC(=O)[C@]12CC(=O)[C@@H]3C[C@@H](Oc4cc(-c5csc(C6CCCCC6)n5)nc5c(C)c(OC)ccc45)CC3C(=O)N(C)CCCC/C=C\[C@@H]1C2. The number of benzene rings is 1. The van der Waals surface area contributed by atoms with E-state index >= 15 is 0 Å². The van der Waals surface area contributed by atoms with Gasteiger partial charge in [-0.05, 0) is 83.3 Å². The summed E-state index contributed by atoms with van der Waals surface area (Å²) in [5.41, 5.74) is 2.41. The molecule has 4 aliphatic rings. The van der Waals surface area contributed by atoms with Crippen molar-refractivity contribution in [3.63, 3.8) is 0 Å². The van der Waals surface area contributed by atoms with Crippen molar-refractivity contribution in [2.45, 2.75) is 103 Å². The van der Waals surface area contributed by atoms with Gasteiger partial charge in [0.1, 0.15) is 23.4 Å². The fourth-order valence-corrected chi connectivity index (χ4v) is 9.73. The Hall–Kier alpha value is -3.79. The van der Waals surface area contributed by atoms with Crippen molar-refractivity contribution < 1.29 is 28.6 Å². The van der Waals surface area contributed by atoms with Gasteiger partial charge in [0.25, 0.3) is 0 Å². The van der Waals surface area contributed by atoms with Crippen LogP contribution in [-0.2, 0) is 19.1 Å². The van der Waals surface area contributed by atoms with E-state index in [9.17, 15) is 14.4 Å². The zero-order chi connectivity index (χ0) is 35.7. The molecule has 0 spiro atoms. The van der Waals surface area contributed by atoms with E-state index in [0.29, 0.717) is 37.5 Å². The summed E-state index contributed by atoms with van der Waals surface area (Å²) in [7, 11) is 3.50. The second-order valence-electron chi connectivity index (χ2n) is 15.1. The Morgan fingerprint density at radius 2 is 1.82 bits per heavy atom. The first-order valence-electron chi connectivity index (χ1n) is 18.9. The molecule has 3 saturated carbocycles. The van der Waals surface area contributed by atoms with Crippen LogP contribution in [-0.4, -0.2) is 65.9 Å². The molecule has 7 rings (SSSR count). The molecule has 0 saturated heterocycles. The molecule has 51 heavy (non-hydrogen) atoms. The van der Waals surface area contributed by atoms with Crippen molar-refractivity contribution in [1.29, 1.82) is 0 Å². The minimum Gasteiger partial charge on any atom is -0.496 e. The van der Waals surface area contributed by atoms with Gasteiger partial charge in [0.15, 0.2) is 0 Å². The average Bonchev–Trinajstić information content (AvgIpc) is 3.43. The van der Waals surface area contributed by atoms with Crippen LogP contribution < -0.4 is 9.47 Å². The zero-order valence-electron chi connectivity index (χ0n) is 30.4. The number of allylic oxidation sites excluding steroid dienone is 2. The molecule has 0 radical (unpaired) electrons. The van der Waals surface area contributed by atoms with Crippen LogP contribution in [0.25, 0.3) is 22.3 Å². The number of ether oxygens (including phenoxy) is 3. The van der Waals surface area contributed by atoms with E-state index in [1.807, 2.05) is 32.2 Å². The summed E-state index contributed by atoms with van der Waals surface area (Å²) in [5.74, 6) is 0.443. The first-order valence-corrected chi connectivity index (χ1v) is 19.8. The first kappa shape index (κ1) is 35.6. The Morgan fingerprint density at radius 3 is 2.61 bits per heavy atom. The molecule has 5 atom stereocenters. The predicted octanol–water partition coefficient (Wildman–Crippen LogP) is 8.22. The monoisotopic (exact) mass is 713 g/mol. The van der Waals surface area contributed by atoms with E-state index in [-0.39, 0.29) is 42.7 Å². The van der Waals surface area contributed by atoms with Gasteiger partial charge in [-0.3, -0.25) is 14.4 Å².